The van der Waals surface area contributed by atoms with Crippen molar-refractivity contribution in [1.82, 2.24) is 5.32 Å². The number of carbonyl (C=O) groups is 2. The van der Waals surface area contributed by atoms with E-state index in [0.717, 1.165) is 31.2 Å². The Morgan fingerprint density at radius 2 is 2.00 bits per heavy atom. The summed E-state index contributed by atoms with van der Waals surface area (Å²) in [6.07, 6.45) is 3.38. The molecule has 5 nitrogen and oxygen atoms in total. The van der Waals surface area contributed by atoms with E-state index in [1.165, 1.54) is 12.7 Å². The van der Waals surface area contributed by atoms with E-state index in [1.807, 2.05) is 12.1 Å². The molecule has 22 heavy (non-hydrogen) atoms. The minimum atomic E-state index is -0.343. The van der Waals surface area contributed by atoms with Gasteiger partial charge in [0.15, 0.2) is 0 Å². The topological polar surface area (TPSA) is 64.6 Å². The second kappa shape index (κ2) is 6.48. The number of fused-ring (bicyclic) bond motifs is 1. The first-order chi connectivity index (χ1) is 10.7. The van der Waals surface area contributed by atoms with E-state index in [9.17, 15) is 9.59 Å². The highest BCUT2D eigenvalue weighted by Crippen LogP contribution is 2.32. The van der Waals surface area contributed by atoms with Crippen molar-refractivity contribution in [3.8, 4) is 0 Å². The van der Waals surface area contributed by atoms with Crippen molar-refractivity contribution < 1.29 is 19.1 Å². The summed E-state index contributed by atoms with van der Waals surface area (Å²) in [7, 11) is 1.37. The van der Waals surface area contributed by atoms with Crippen LogP contribution in [0.2, 0.25) is 0 Å². The fourth-order valence-electron chi connectivity index (χ4n) is 3.25. The van der Waals surface area contributed by atoms with Crippen LogP contribution in [0.5, 0.6) is 0 Å². The normalized spacial score (nSPS) is 21.2. The molecule has 2 aliphatic rings. The lowest BCUT2D eigenvalue weighted by atomic mass is 9.98. The van der Waals surface area contributed by atoms with E-state index < -0.39 is 0 Å². The molecule has 0 radical (unpaired) electrons. The summed E-state index contributed by atoms with van der Waals surface area (Å²) in [5.74, 6) is -0.199. The molecule has 1 fully saturated rings. The Morgan fingerprint density at radius 1 is 1.23 bits per heavy atom. The lowest BCUT2D eigenvalue weighted by Gasteiger charge is -2.23. The molecule has 118 valence electrons. The van der Waals surface area contributed by atoms with Crippen LogP contribution in [0.4, 0.5) is 0 Å². The zero-order valence-corrected chi connectivity index (χ0v) is 12.8. The van der Waals surface area contributed by atoms with Crippen molar-refractivity contribution >= 4 is 11.9 Å². The summed E-state index contributed by atoms with van der Waals surface area (Å²) in [6.45, 7) is 1.32. The Morgan fingerprint density at radius 3 is 2.73 bits per heavy atom. The average molecular weight is 303 g/mol. The SMILES string of the molecule is COC(=O)c1ccc2c(c1)[C@H](NC(=O)C1CCOCC1)CC2. The number of amides is 1. The van der Waals surface area contributed by atoms with Crippen LogP contribution >= 0.6 is 0 Å². The number of carbonyl (C=O) groups excluding carboxylic acids is 2. The Kier molecular flexibility index (Phi) is 4.43. The number of esters is 1. The molecule has 3 rings (SSSR count). The summed E-state index contributed by atoms with van der Waals surface area (Å²) in [5.41, 5.74) is 2.78. The van der Waals surface area contributed by atoms with Gasteiger partial charge in [-0.25, -0.2) is 4.79 Å². The van der Waals surface area contributed by atoms with Crippen LogP contribution in [0, 0.1) is 5.92 Å². The second-order valence-corrected chi connectivity index (χ2v) is 5.89. The minimum Gasteiger partial charge on any atom is -0.465 e. The summed E-state index contributed by atoms with van der Waals surface area (Å²) in [5, 5.41) is 3.14. The van der Waals surface area contributed by atoms with Crippen LogP contribution < -0.4 is 5.32 Å². The highest BCUT2D eigenvalue weighted by Gasteiger charge is 2.28. The molecule has 1 amide bonds. The van der Waals surface area contributed by atoms with E-state index >= 15 is 0 Å². The number of methoxy groups -OCH3 is 1. The molecule has 5 heteroatoms. The quantitative estimate of drug-likeness (QED) is 0.868. The van der Waals surface area contributed by atoms with E-state index in [-0.39, 0.29) is 23.8 Å². The first-order valence-corrected chi connectivity index (χ1v) is 7.78. The molecule has 1 aliphatic heterocycles. The van der Waals surface area contributed by atoms with Gasteiger partial charge in [0.05, 0.1) is 18.7 Å². The number of benzene rings is 1. The number of nitrogens with one attached hydrogen (secondary N) is 1. The first kappa shape index (κ1) is 15.0. The lowest BCUT2D eigenvalue weighted by molar-refractivity contribution is -0.128. The van der Waals surface area contributed by atoms with Gasteiger partial charge in [-0.1, -0.05) is 6.07 Å². The molecular formula is C17H21NO4. The molecular weight excluding hydrogens is 282 g/mol. The summed E-state index contributed by atoms with van der Waals surface area (Å²) >= 11 is 0. The van der Waals surface area contributed by atoms with Gasteiger partial charge in [-0.05, 0) is 48.9 Å². The van der Waals surface area contributed by atoms with Crippen LogP contribution in [-0.4, -0.2) is 32.2 Å². The Bertz CT molecular complexity index is 578. The zero-order chi connectivity index (χ0) is 15.5. The molecule has 1 aromatic rings. The third kappa shape index (κ3) is 2.99. The summed E-state index contributed by atoms with van der Waals surface area (Å²) < 4.78 is 10.1. The van der Waals surface area contributed by atoms with Crippen molar-refractivity contribution in [1.29, 1.82) is 0 Å². The number of aryl methyl sites for hydroxylation is 1. The predicted octanol–water partition coefficient (Wildman–Crippen LogP) is 2.00. The number of ether oxygens (including phenoxy) is 2. The van der Waals surface area contributed by atoms with Crippen molar-refractivity contribution in [3.05, 3.63) is 34.9 Å². The fourth-order valence-corrected chi connectivity index (χ4v) is 3.25. The monoisotopic (exact) mass is 303 g/mol. The van der Waals surface area contributed by atoms with E-state index in [2.05, 4.69) is 5.32 Å². The predicted molar refractivity (Wildman–Crippen MR) is 80.5 cm³/mol. The maximum Gasteiger partial charge on any atom is 0.337 e. The van der Waals surface area contributed by atoms with Gasteiger partial charge in [0.1, 0.15) is 0 Å². The Labute approximate surface area is 130 Å². The van der Waals surface area contributed by atoms with Crippen molar-refractivity contribution in [2.75, 3.05) is 20.3 Å². The van der Waals surface area contributed by atoms with Gasteiger partial charge in [0, 0.05) is 19.1 Å². The first-order valence-electron chi connectivity index (χ1n) is 7.78. The molecule has 1 aliphatic carbocycles. The number of rotatable bonds is 3. The third-order valence-corrected chi connectivity index (χ3v) is 4.55. The van der Waals surface area contributed by atoms with Crippen molar-refractivity contribution in [3.63, 3.8) is 0 Å². The highest BCUT2D eigenvalue weighted by molar-refractivity contribution is 5.89. The molecule has 1 atom stereocenters. The third-order valence-electron chi connectivity index (χ3n) is 4.55. The van der Waals surface area contributed by atoms with Gasteiger partial charge in [-0.15, -0.1) is 0 Å². The molecule has 1 N–H and O–H groups in total. The van der Waals surface area contributed by atoms with Gasteiger partial charge in [-0.2, -0.15) is 0 Å². The zero-order valence-electron chi connectivity index (χ0n) is 12.8. The Hall–Kier alpha value is -1.88. The summed E-state index contributed by atoms with van der Waals surface area (Å²) in [4.78, 5) is 24.0. The molecule has 1 heterocycles. The second-order valence-electron chi connectivity index (χ2n) is 5.89. The van der Waals surface area contributed by atoms with E-state index in [4.69, 9.17) is 9.47 Å². The van der Waals surface area contributed by atoms with Crippen LogP contribution in [0.3, 0.4) is 0 Å². The number of hydrogen-bond acceptors (Lipinski definition) is 4. The minimum absolute atomic E-state index is 0.00467. The molecule has 1 saturated heterocycles. The molecule has 0 saturated carbocycles. The van der Waals surface area contributed by atoms with E-state index in [0.29, 0.717) is 18.8 Å². The Balaban J connectivity index is 1.72. The molecule has 0 spiro atoms. The smallest absolute Gasteiger partial charge is 0.337 e. The van der Waals surface area contributed by atoms with Gasteiger partial charge in [-0.3, -0.25) is 4.79 Å². The maximum absolute atomic E-state index is 12.4. The van der Waals surface area contributed by atoms with Gasteiger partial charge in [0.2, 0.25) is 5.91 Å². The highest BCUT2D eigenvalue weighted by atomic mass is 16.5. The van der Waals surface area contributed by atoms with Crippen molar-refractivity contribution in [2.24, 2.45) is 5.92 Å². The van der Waals surface area contributed by atoms with Gasteiger partial charge in [0.25, 0.3) is 0 Å². The van der Waals surface area contributed by atoms with Crippen LogP contribution in [-0.2, 0) is 20.7 Å². The average Bonchev–Trinajstić information content (AvgIpc) is 2.97. The van der Waals surface area contributed by atoms with Crippen LogP contribution in [0.1, 0.15) is 46.8 Å². The molecule has 0 aromatic heterocycles. The fraction of sp³-hybridized carbons (Fsp3) is 0.529. The molecule has 0 bridgehead atoms. The summed E-state index contributed by atoms with van der Waals surface area (Å²) in [6, 6.07) is 5.59. The molecule has 0 unspecified atom stereocenters. The maximum atomic E-state index is 12.4. The standard InChI is InChI=1S/C17H21NO4/c1-21-17(20)13-3-2-11-4-5-15(14(11)10-13)18-16(19)12-6-8-22-9-7-12/h2-3,10,12,15H,4-9H2,1H3,(H,18,19)/t15-/m1/s1. The van der Waals surface area contributed by atoms with Crippen molar-refractivity contribution in [2.45, 2.75) is 31.7 Å². The molecule has 1 aromatic carbocycles. The van der Waals surface area contributed by atoms with Crippen LogP contribution in [0.25, 0.3) is 0 Å². The van der Waals surface area contributed by atoms with Gasteiger partial charge < -0.3 is 14.8 Å². The largest absolute Gasteiger partial charge is 0.465 e. The van der Waals surface area contributed by atoms with Gasteiger partial charge >= 0.3 is 5.97 Å². The lowest BCUT2D eigenvalue weighted by Crippen LogP contribution is -2.36. The number of hydrogen-bond donors (Lipinski definition) is 1. The van der Waals surface area contributed by atoms with E-state index in [1.54, 1.807) is 6.07 Å². The van der Waals surface area contributed by atoms with Crippen LogP contribution in [0.15, 0.2) is 18.2 Å².